The Morgan fingerprint density at radius 3 is 0.851 bits per heavy atom. The van der Waals surface area contributed by atoms with Gasteiger partial charge in [-0.15, -0.1) is 0 Å². The average Bonchev–Trinajstić information content (AvgIpc) is 4.08. The molecule has 9 aliphatic rings. The minimum atomic E-state index is 0. The molecular formula is C55H104CuN9O2+. The number of quaternary nitrogens is 1. The van der Waals surface area contributed by atoms with Gasteiger partial charge in [0.25, 0.3) is 0 Å². The summed E-state index contributed by atoms with van der Waals surface area (Å²) < 4.78 is 0.802. The normalized spacial score (nSPS) is 39.2. The van der Waals surface area contributed by atoms with Crippen molar-refractivity contribution in [2.75, 3.05) is 39.9 Å². The van der Waals surface area contributed by atoms with Gasteiger partial charge in [-0.3, -0.25) is 42.5 Å². The smallest absolute Gasteiger partial charge is 0.102 e. The third-order valence-electron chi connectivity index (χ3n) is 19.3. The van der Waals surface area contributed by atoms with Crippen LogP contribution in [0.5, 0.6) is 0 Å². The number of aliphatic hydroxyl groups is 2. The Morgan fingerprint density at radius 1 is 0.358 bits per heavy atom. The number of rotatable bonds is 20. The van der Waals surface area contributed by atoms with Crippen LogP contribution < -0.4 is 42.5 Å². The standard InChI is InChI=1S/C32H56N8.C23H48NO2.Cu/c1-2-10-18-17(9-1)25-33-26(18)38-28-21-13-5-6-14-22(21)30(35-28)40-32-24-16-8-7-15-23(24)31(36-32)39-29-20-12-4-3-11-19(20)27(34-29)37-25;1-3-4-5-6-7-8-9-10-11-12-13-14-15-16-17-18-19-24(2,20-22-25)21-23-26;/h17-40H,1-16H2;10-11,25-26H,3-9,12-23H2,1-2H3;/q;+1;/b;11-10-;. The van der Waals surface area contributed by atoms with Crippen molar-refractivity contribution in [1.29, 1.82) is 0 Å². The van der Waals surface area contributed by atoms with Crippen molar-refractivity contribution < 1.29 is 31.8 Å². The molecule has 5 aliphatic heterocycles. The molecule has 0 aromatic carbocycles. The molecule has 8 atom stereocenters. The first kappa shape index (κ1) is 54.6. The van der Waals surface area contributed by atoms with Crippen LogP contribution in [0.1, 0.15) is 200 Å². The molecule has 391 valence electrons. The molecule has 4 aliphatic carbocycles. The molecule has 5 saturated heterocycles. The molecule has 4 saturated carbocycles. The number of hydrogen-bond donors (Lipinski definition) is 10. The van der Waals surface area contributed by atoms with Gasteiger partial charge in [0, 0.05) is 17.1 Å². The van der Waals surface area contributed by atoms with Crippen LogP contribution in [0.4, 0.5) is 0 Å². The number of aliphatic hydroxyl groups excluding tert-OH is 2. The third kappa shape index (κ3) is 14.7. The second-order valence-corrected chi connectivity index (χ2v) is 23.8. The fourth-order valence-electron chi connectivity index (χ4n) is 15.5. The van der Waals surface area contributed by atoms with Gasteiger partial charge >= 0.3 is 0 Å². The van der Waals surface area contributed by atoms with Gasteiger partial charge in [0.05, 0.1) is 76.1 Å². The van der Waals surface area contributed by atoms with E-state index in [1.165, 1.54) is 193 Å². The molecule has 0 amide bonds. The minimum Gasteiger partial charge on any atom is -0.391 e. The Bertz CT molecular complexity index is 1200. The number of hydrogen-bond acceptors (Lipinski definition) is 10. The molecule has 10 N–H and O–H groups in total. The third-order valence-corrected chi connectivity index (χ3v) is 19.3. The minimum absolute atomic E-state index is 0. The zero-order chi connectivity index (χ0) is 45.6. The number of likely N-dealkylation sites (N-methyl/N-ethyl adjacent to an activating group) is 1. The van der Waals surface area contributed by atoms with Gasteiger partial charge in [-0.2, -0.15) is 0 Å². The van der Waals surface area contributed by atoms with Crippen LogP contribution in [0.15, 0.2) is 12.2 Å². The Hall–Kier alpha value is -0.181. The molecular weight excluding hydrogens is 882 g/mol. The molecule has 11 nitrogen and oxygen atoms in total. The maximum atomic E-state index is 9.16. The summed E-state index contributed by atoms with van der Waals surface area (Å²) in [5, 5.41) is 52.1. The maximum absolute atomic E-state index is 9.16. The van der Waals surface area contributed by atoms with Crippen LogP contribution in [0, 0.1) is 47.3 Å². The van der Waals surface area contributed by atoms with Gasteiger partial charge in [-0.25, -0.2) is 0 Å². The van der Waals surface area contributed by atoms with Crippen LogP contribution in [0.3, 0.4) is 0 Å². The largest absolute Gasteiger partial charge is 0.391 e. The molecule has 1 radical (unpaired) electrons. The van der Waals surface area contributed by atoms with E-state index in [4.69, 9.17) is 10.2 Å². The summed E-state index contributed by atoms with van der Waals surface area (Å²) in [7, 11) is 2.14. The van der Waals surface area contributed by atoms with E-state index in [0.717, 1.165) is 71.5 Å². The van der Waals surface area contributed by atoms with E-state index in [0.29, 0.717) is 49.3 Å². The van der Waals surface area contributed by atoms with Crippen molar-refractivity contribution in [1.82, 2.24) is 42.5 Å². The SMILES string of the molecule is C1CCC2C3NC(NC4NC(NC5NC(NC6NC(N3)C3CCCCC63)C3CCCCC53)C3CCCCC43)C2C1.CCCCCCCC/C=C\CCCCCCCC[N+](C)(CCO)CCO.[Cu]. The molecule has 0 spiro atoms. The molecule has 8 bridgehead atoms. The molecule has 9 rings (SSSR count). The number of nitrogens with one attached hydrogen (secondary N) is 8. The second-order valence-electron chi connectivity index (χ2n) is 23.8. The molecule has 0 aromatic heterocycles. The van der Waals surface area contributed by atoms with Gasteiger partial charge in [-0.1, -0.05) is 122 Å². The van der Waals surface area contributed by atoms with Crippen LogP contribution in [-0.4, -0.2) is 104 Å². The van der Waals surface area contributed by atoms with Crippen LogP contribution in [0.2, 0.25) is 0 Å². The summed E-state index contributed by atoms with van der Waals surface area (Å²) in [6.45, 7) is 5.28. The van der Waals surface area contributed by atoms with E-state index in [-0.39, 0.29) is 30.3 Å². The van der Waals surface area contributed by atoms with Crippen molar-refractivity contribution in [3.05, 3.63) is 12.2 Å². The number of allylic oxidation sites excluding steroid dienone is 2. The first-order valence-corrected chi connectivity index (χ1v) is 29.3. The van der Waals surface area contributed by atoms with Crippen molar-refractivity contribution in [2.45, 2.75) is 249 Å². The summed E-state index contributed by atoms with van der Waals surface area (Å²) in [5.74, 6) is 5.97. The Balaban J connectivity index is 0.000000218. The molecule has 12 heteroatoms. The maximum Gasteiger partial charge on any atom is 0.102 e. The van der Waals surface area contributed by atoms with Crippen LogP contribution in [-0.2, 0) is 17.1 Å². The number of fused-ring (bicyclic) bond motifs is 20. The second kappa shape index (κ2) is 28.3. The zero-order valence-electron chi connectivity index (χ0n) is 42.8. The van der Waals surface area contributed by atoms with E-state index < -0.39 is 0 Å². The van der Waals surface area contributed by atoms with Crippen LogP contribution >= 0.6 is 0 Å². The Labute approximate surface area is 420 Å². The summed E-state index contributed by atoms with van der Waals surface area (Å²) in [6.07, 6.45) is 49.0. The molecule has 5 heterocycles. The van der Waals surface area contributed by atoms with Crippen molar-refractivity contribution in [3.63, 3.8) is 0 Å². The van der Waals surface area contributed by atoms with Gasteiger partial charge in [0.1, 0.15) is 13.1 Å². The van der Waals surface area contributed by atoms with Crippen molar-refractivity contribution >= 4 is 0 Å². The summed E-state index contributed by atoms with van der Waals surface area (Å²) in [5.41, 5.74) is 0. The van der Waals surface area contributed by atoms with Gasteiger partial charge in [-0.05, 0) is 137 Å². The van der Waals surface area contributed by atoms with E-state index in [1.54, 1.807) is 0 Å². The Morgan fingerprint density at radius 2 is 0.597 bits per heavy atom. The first-order chi connectivity index (χ1) is 32.5. The Kier molecular flexibility index (Phi) is 23.1. The van der Waals surface area contributed by atoms with E-state index in [2.05, 4.69) is 68.7 Å². The molecule has 8 unspecified atom stereocenters. The fraction of sp³-hybridized carbons (Fsp3) is 0.964. The summed E-state index contributed by atoms with van der Waals surface area (Å²) in [4.78, 5) is 0. The average molecular weight is 987 g/mol. The van der Waals surface area contributed by atoms with Crippen molar-refractivity contribution in [3.8, 4) is 0 Å². The van der Waals surface area contributed by atoms with Gasteiger partial charge in [0.15, 0.2) is 0 Å². The fourth-order valence-corrected chi connectivity index (χ4v) is 15.5. The number of nitrogens with zero attached hydrogens (tertiary/aromatic N) is 1. The quantitative estimate of drug-likeness (QED) is 0.0253. The monoisotopic (exact) mass is 986 g/mol. The van der Waals surface area contributed by atoms with E-state index in [1.807, 2.05) is 0 Å². The van der Waals surface area contributed by atoms with E-state index in [9.17, 15) is 0 Å². The van der Waals surface area contributed by atoms with Crippen molar-refractivity contribution in [2.24, 2.45) is 47.3 Å². The molecule has 0 aromatic rings. The molecule has 9 fully saturated rings. The van der Waals surface area contributed by atoms with Gasteiger partial charge in [0.2, 0.25) is 0 Å². The predicted octanol–water partition coefficient (Wildman–Crippen LogP) is 8.06. The molecule has 67 heavy (non-hydrogen) atoms. The topological polar surface area (TPSA) is 137 Å². The van der Waals surface area contributed by atoms with Crippen LogP contribution in [0.25, 0.3) is 0 Å². The number of unbranched alkanes of at least 4 members (excludes halogenated alkanes) is 12. The predicted molar refractivity (Wildman–Crippen MR) is 272 cm³/mol. The van der Waals surface area contributed by atoms with E-state index >= 15 is 0 Å². The van der Waals surface area contributed by atoms with Gasteiger partial charge < -0.3 is 14.7 Å². The first-order valence-electron chi connectivity index (χ1n) is 29.3. The summed E-state index contributed by atoms with van der Waals surface area (Å²) >= 11 is 0. The zero-order valence-corrected chi connectivity index (χ0v) is 43.7. The summed E-state index contributed by atoms with van der Waals surface area (Å²) in [6, 6.07) is 0.